The van der Waals surface area contributed by atoms with Gasteiger partial charge in [0.2, 0.25) is 0 Å². The molecule has 3 nitrogen and oxygen atoms in total. The molecule has 1 aliphatic heterocycles. The maximum atomic E-state index is 10.1. The van der Waals surface area contributed by atoms with Gasteiger partial charge in [-0.15, -0.1) is 0 Å². The van der Waals surface area contributed by atoms with E-state index in [9.17, 15) is 10.2 Å². The predicted octanol–water partition coefficient (Wildman–Crippen LogP) is 2.84. The van der Waals surface area contributed by atoms with E-state index in [0.717, 1.165) is 17.5 Å². The quantitative estimate of drug-likeness (QED) is 0.702. The Bertz CT molecular complexity index is 629. The van der Waals surface area contributed by atoms with Crippen LogP contribution in [0.3, 0.4) is 0 Å². The van der Waals surface area contributed by atoms with Gasteiger partial charge in [-0.3, -0.25) is 0 Å². The maximum absolute atomic E-state index is 10.1. The van der Waals surface area contributed by atoms with Crippen LogP contribution in [0.4, 0.5) is 0 Å². The molecule has 0 radical (unpaired) electrons. The number of aromatic hydroxyl groups is 2. The van der Waals surface area contributed by atoms with Crippen LogP contribution in [0.15, 0.2) is 35.9 Å². The van der Waals surface area contributed by atoms with E-state index in [1.54, 1.807) is 12.1 Å². The highest BCUT2D eigenvalue weighted by atomic mass is 16.5. The molecule has 1 saturated heterocycles. The van der Waals surface area contributed by atoms with E-state index < -0.39 is 0 Å². The molecular weight excluding hydrogens is 240 g/mol. The summed E-state index contributed by atoms with van der Waals surface area (Å²) in [6, 6.07) is 3.12. The van der Waals surface area contributed by atoms with Crippen LogP contribution >= 0.6 is 0 Å². The fourth-order valence-electron chi connectivity index (χ4n) is 3.93. The van der Waals surface area contributed by atoms with Gasteiger partial charge in [0.1, 0.15) is 11.5 Å². The van der Waals surface area contributed by atoms with E-state index in [1.807, 2.05) is 0 Å². The molecule has 0 saturated carbocycles. The summed E-state index contributed by atoms with van der Waals surface area (Å²) in [5.41, 5.74) is 2.87. The first-order valence-electron chi connectivity index (χ1n) is 6.64. The number of rotatable bonds is 0. The molecule has 0 spiro atoms. The Balaban J connectivity index is 1.99. The van der Waals surface area contributed by atoms with Crippen LogP contribution in [-0.4, -0.2) is 16.8 Å². The number of fused-ring (bicyclic) bond motifs is 2. The average Bonchev–Trinajstić information content (AvgIpc) is 2.80. The van der Waals surface area contributed by atoms with Gasteiger partial charge in [-0.25, -0.2) is 0 Å². The van der Waals surface area contributed by atoms with Crippen LogP contribution in [-0.2, 0) is 11.2 Å². The minimum Gasteiger partial charge on any atom is -0.508 e. The molecule has 3 atom stereocenters. The van der Waals surface area contributed by atoms with Crippen molar-refractivity contribution in [3.8, 4) is 11.5 Å². The lowest BCUT2D eigenvalue weighted by Crippen LogP contribution is -2.37. The van der Waals surface area contributed by atoms with Crippen LogP contribution in [0.25, 0.3) is 0 Å². The summed E-state index contributed by atoms with van der Waals surface area (Å²) in [6.45, 7) is 2.82. The lowest BCUT2D eigenvalue weighted by Gasteiger charge is -2.43. The third-order valence-electron chi connectivity index (χ3n) is 4.78. The zero-order valence-electron chi connectivity index (χ0n) is 10.8. The first-order valence-corrected chi connectivity index (χ1v) is 6.64. The number of hydrogen-bond donors (Lipinski definition) is 2. The number of allylic oxidation sites excluding steroid dienone is 3. The second-order valence-corrected chi connectivity index (χ2v) is 5.99. The van der Waals surface area contributed by atoms with Gasteiger partial charge < -0.3 is 14.9 Å². The summed E-state index contributed by atoms with van der Waals surface area (Å²) >= 11 is 0. The number of phenols is 2. The SMILES string of the molecule is C[C@@]12C=CC=C3CO[C@@H](c4c(O)ccc(O)c4C1)[C@H]32. The minimum atomic E-state index is -0.142. The normalized spacial score (nSPS) is 34.7. The Morgan fingerprint density at radius 2 is 2.05 bits per heavy atom. The molecule has 4 rings (SSSR count). The molecule has 0 unspecified atom stereocenters. The van der Waals surface area contributed by atoms with Crippen molar-refractivity contribution in [2.75, 3.05) is 6.61 Å². The van der Waals surface area contributed by atoms with Crippen molar-refractivity contribution in [1.29, 1.82) is 0 Å². The number of hydrogen-bond acceptors (Lipinski definition) is 3. The molecule has 0 amide bonds. The molecule has 1 fully saturated rings. The Morgan fingerprint density at radius 3 is 2.89 bits per heavy atom. The second-order valence-electron chi connectivity index (χ2n) is 5.99. The molecule has 3 aliphatic rings. The lowest BCUT2D eigenvalue weighted by molar-refractivity contribution is 0.0480. The molecule has 0 aromatic heterocycles. The molecule has 98 valence electrons. The molecule has 3 heteroatoms. The zero-order valence-corrected chi connectivity index (χ0v) is 10.8. The highest BCUT2D eigenvalue weighted by Gasteiger charge is 2.51. The largest absolute Gasteiger partial charge is 0.508 e. The van der Waals surface area contributed by atoms with Crippen molar-refractivity contribution in [2.24, 2.45) is 11.3 Å². The molecule has 1 aromatic rings. The van der Waals surface area contributed by atoms with Crippen molar-refractivity contribution in [2.45, 2.75) is 19.4 Å². The standard InChI is InChI=1S/C16H16O3/c1-16-6-2-3-9-8-19-15(14(9)16)13-10(7-16)11(17)4-5-12(13)18/h2-6,14-15,17-18H,7-8H2,1H3/t14-,15-,16+/m0/s1. The van der Waals surface area contributed by atoms with Gasteiger partial charge in [-0.1, -0.05) is 25.2 Å². The predicted molar refractivity (Wildman–Crippen MR) is 71.0 cm³/mol. The average molecular weight is 256 g/mol. The molecule has 0 bridgehead atoms. The van der Waals surface area contributed by atoms with Crippen LogP contribution in [0.5, 0.6) is 11.5 Å². The van der Waals surface area contributed by atoms with Crippen molar-refractivity contribution >= 4 is 0 Å². The van der Waals surface area contributed by atoms with Crippen LogP contribution < -0.4 is 0 Å². The van der Waals surface area contributed by atoms with E-state index in [-0.39, 0.29) is 28.9 Å². The van der Waals surface area contributed by atoms with Gasteiger partial charge in [-0.05, 0) is 29.5 Å². The van der Waals surface area contributed by atoms with Gasteiger partial charge in [0.15, 0.2) is 0 Å². The smallest absolute Gasteiger partial charge is 0.121 e. The summed E-state index contributed by atoms with van der Waals surface area (Å²) in [4.78, 5) is 0. The number of phenolic OH excluding ortho intramolecular Hbond substituents is 2. The van der Waals surface area contributed by atoms with Crippen molar-refractivity contribution in [3.05, 3.63) is 47.1 Å². The van der Waals surface area contributed by atoms with Gasteiger partial charge in [0.05, 0.1) is 12.7 Å². The molecule has 1 aromatic carbocycles. The third-order valence-corrected chi connectivity index (χ3v) is 4.78. The van der Waals surface area contributed by atoms with E-state index in [4.69, 9.17) is 4.74 Å². The maximum Gasteiger partial charge on any atom is 0.121 e. The van der Waals surface area contributed by atoms with Crippen molar-refractivity contribution < 1.29 is 14.9 Å². The van der Waals surface area contributed by atoms with E-state index in [2.05, 4.69) is 25.2 Å². The van der Waals surface area contributed by atoms with Crippen LogP contribution in [0, 0.1) is 11.3 Å². The Hall–Kier alpha value is -1.74. The molecule has 2 N–H and O–H groups in total. The van der Waals surface area contributed by atoms with Crippen molar-refractivity contribution in [3.63, 3.8) is 0 Å². The lowest BCUT2D eigenvalue weighted by atomic mass is 9.61. The van der Waals surface area contributed by atoms with E-state index in [1.165, 1.54) is 5.57 Å². The third kappa shape index (κ3) is 1.31. The van der Waals surface area contributed by atoms with Crippen LogP contribution in [0.1, 0.15) is 24.2 Å². The van der Waals surface area contributed by atoms with Gasteiger partial charge >= 0.3 is 0 Å². The first-order chi connectivity index (χ1) is 9.10. The number of ether oxygens (including phenoxy) is 1. The van der Waals surface area contributed by atoms with Crippen LogP contribution in [0.2, 0.25) is 0 Å². The summed E-state index contributed by atoms with van der Waals surface area (Å²) in [5.74, 6) is 0.765. The molecule has 2 aliphatic carbocycles. The summed E-state index contributed by atoms with van der Waals surface area (Å²) in [7, 11) is 0. The van der Waals surface area contributed by atoms with Gasteiger partial charge in [0, 0.05) is 17.0 Å². The summed E-state index contributed by atoms with van der Waals surface area (Å²) in [6.07, 6.45) is 7.01. The van der Waals surface area contributed by atoms with E-state index >= 15 is 0 Å². The highest BCUT2D eigenvalue weighted by molar-refractivity contribution is 5.54. The highest BCUT2D eigenvalue weighted by Crippen LogP contribution is 2.59. The Kier molecular flexibility index (Phi) is 2.00. The summed E-state index contributed by atoms with van der Waals surface area (Å²) < 4.78 is 5.92. The van der Waals surface area contributed by atoms with Crippen molar-refractivity contribution in [1.82, 2.24) is 0 Å². The van der Waals surface area contributed by atoms with E-state index in [0.29, 0.717) is 6.61 Å². The first kappa shape index (κ1) is 11.1. The zero-order chi connectivity index (χ0) is 13.2. The molecule has 1 heterocycles. The second kappa shape index (κ2) is 3.42. The molecular formula is C16H16O3. The Labute approximate surface area is 111 Å². The fraction of sp³-hybridized carbons (Fsp3) is 0.375. The van der Waals surface area contributed by atoms with Gasteiger partial charge in [-0.2, -0.15) is 0 Å². The Morgan fingerprint density at radius 1 is 1.26 bits per heavy atom. The molecule has 19 heavy (non-hydrogen) atoms. The summed E-state index contributed by atoms with van der Waals surface area (Å²) in [5, 5.41) is 20.3. The number of benzene rings is 1. The minimum absolute atomic E-state index is 0.0382. The monoisotopic (exact) mass is 256 g/mol. The topological polar surface area (TPSA) is 49.7 Å². The fourth-order valence-corrected chi connectivity index (χ4v) is 3.93. The van der Waals surface area contributed by atoms with Gasteiger partial charge in [0.25, 0.3) is 0 Å².